The van der Waals surface area contributed by atoms with Gasteiger partial charge in [0.05, 0.1) is 17.6 Å². The number of allylic oxidation sites excluding steroid dienone is 1. The number of hydrogen-bond donors (Lipinski definition) is 4. The highest BCUT2D eigenvalue weighted by atomic mass is 16.7. The fourth-order valence-corrected chi connectivity index (χ4v) is 6.90. The van der Waals surface area contributed by atoms with Gasteiger partial charge in [-0.15, -0.1) is 0 Å². The van der Waals surface area contributed by atoms with E-state index < -0.39 is 29.6 Å². The summed E-state index contributed by atoms with van der Waals surface area (Å²) in [5.74, 6) is -1.31. The molecule has 3 aliphatic carbocycles. The quantitative estimate of drug-likeness (QED) is 0.0390. The van der Waals surface area contributed by atoms with Crippen LogP contribution in [0.3, 0.4) is 0 Å². The third kappa shape index (κ3) is 8.78. The summed E-state index contributed by atoms with van der Waals surface area (Å²) >= 11 is 0. The van der Waals surface area contributed by atoms with E-state index in [1.165, 1.54) is 12.2 Å². The molecule has 240 valence electrons. The van der Waals surface area contributed by atoms with Gasteiger partial charge < -0.3 is 25.7 Å². The van der Waals surface area contributed by atoms with Crippen molar-refractivity contribution >= 4 is 30.7 Å². The first-order chi connectivity index (χ1) is 20.2. The lowest BCUT2D eigenvalue weighted by Crippen LogP contribution is -2.65. The number of guanidine groups is 1. The fourth-order valence-electron chi connectivity index (χ4n) is 6.90. The Hall–Kier alpha value is -3.00. The summed E-state index contributed by atoms with van der Waals surface area (Å²) < 4.78 is 13.2. The summed E-state index contributed by atoms with van der Waals surface area (Å²) in [5.41, 5.74) is 7.04. The lowest BCUT2D eigenvalue weighted by Gasteiger charge is -2.64. The van der Waals surface area contributed by atoms with E-state index in [-0.39, 0.29) is 60.4 Å². The predicted molar refractivity (Wildman–Crippen MR) is 163 cm³/mol. The lowest BCUT2D eigenvalue weighted by molar-refractivity contribution is -0.525. The molecule has 0 radical (unpaired) electrons. The Kier molecular flexibility index (Phi) is 11.8. The molecule has 1 aliphatic heterocycles. The number of hydrogen-bond acceptors (Lipinski definition) is 8. The number of nitrogens with zero attached hydrogens (tertiary/aromatic N) is 2. The van der Waals surface area contributed by atoms with Crippen LogP contribution in [-0.4, -0.2) is 66.4 Å². The van der Waals surface area contributed by atoms with Crippen molar-refractivity contribution in [3.63, 3.8) is 0 Å². The van der Waals surface area contributed by atoms with Crippen molar-refractivity contribution in [2.24, 2.45) is 39.8 Å². The van der Waals surface area contributed by atoms with Crippen molar-refractivity contribution in [2.75, 3.05) is 13.1 Å². The zero-order valence-corrected chi connectivity index (χ0v) is 26.4. The van der Waals surface area contributed by atoms with Gasteiger partial charge in [0.1, 0.15) is 0 Å². The van der Waals surface area contributed by atoms with Gasteiger partial charge in [0.25, 0.3) is 5.96 Å². The van der Waals surface area contributed by atoms with Crippen LogP contribution in [-0.2, 0) is 23.7 Å². The van der Waals surface area contributed by atoms with Crippen LogP contribution in [0.15, 0.2) is 17.1 Å². The van der Waals surface area contributed by atoms with Crippen molar-refractivity contribution in [3.05, 3.63) is 22.3 Å². The van der Waals surface area contributed by atoms with E-state index in [1.54, 1.807) is 5.43 Å². The highest BCUT2D eigenvalue weighted by Gasteiger charge is 2.68. The molecule has 2 amide bonds. The molecule has 13 nitrogen and oxygen atoms in total. The summed E-state index contributed by atoms with van der Waals surface area (Å²) in [6, 6.07) is 0. The van der Waals surface area contributed by atoms with Crippen molar-refractivity contribution in [1.29, 1.82) is 0 Å². The van der Waals surface area contributed by atoms with Crippen LogP contribution in [0, 0.1) is 39.2 Å². The van der Waals surface area contributed by atoms with Gasteiger partial charge in [-0.3, -0.25) is 14.4 Å². The molecule has 6 atom stereocenters. The average Bonchev–Trinajstić information content (AvgIpc) is 3.28. The molecular formula is C29H49BN6O7. The van der Waals surface area contributed by atoms with E-state index in [0.29, 0.717) is 31.2 Å². The van der Waals surface area contributed by atoms with Gasteiger partial charge in [-0.2, -0.15) is 0 Å². The van der Waals surface area contributed by atoms with Gasteiger partial charge in [0, 0.05) is 31.5 Å². The zero-order valence-electron chi connectivity index (χ0n) is 26.4. The number of hydrazine groups is 1. The first-order valence-corrected chi connectivity index (χ1v) is 15.5. The molecule has 0 aromatic rings. The highest BCUT2D eigenvalue weighted by Crippen LogP contribution is 2.65. The van der Waals surface area contributed by atoms with E-state index in [4.69, 9.17) is 15.0 Å². The molecular weight excluding hydrogens is 555 g/mol. The van der Waals surface area contributed by atoms with Crippen molar-refractivity contribution in [3.8, 4) is 0 Å². The maximum atomic E-state index is 13.7. The van der Waals surface area contributed by atoms with Crippen LogP contribution in [0.5, 0.6) is 0 Å². The normalized spacial score (nSPS) is 27.3. The van der Waals surface area contributed by atoms with Crippen LogP contribution in [0.2, 0.25) is 0 Å². The lowest BCUT2D eigenvalue weighted by atomic mass is 9.43. The highest BCUT2D eigenvalue weighted by molar-refractivity contribution is 6.47. The van der Waals surface area contributed by atoms with Crippen LogP contribution in [0.25, 0.3) is 0 Å². The second-order valence-corrected chi connectivity index (χ2v) is 13.4. The number of rotatable bonds is 16. The number of nitrogens with one attached hydrogen (secondary N) is 3. The van der Waals surface area contributed by atoms with E-state index >= 15 is 0 Å². The Bertz CT molecular complexity index is 1100. The topological polar surface area (TPSA) is 187 Å². The molecule has 0 aromatic heterocycles. The molecule has 0 aromatic carbocycles. The number of aliphatic imine (C=N–C) groups is 1. The third-order valence-corrected chi connectivity index (χ3v) is 9.34. The van der Waals surface area contributed by atoms with Gasteiger partial charge in [0.15, 0.2) is 10.8 Å². The Labute approximate surface area is 254 Å². The Morgan fingerprint density at radius 3 is 2.56 bits per heavy atom. The molecule has 2 bridgehead atoms. The second kappa shape index (κ2) is 14.7. The van der Waals surface area contributed by atoms with Gasteiger partial charge in [0.2, 0.25) is 11.8 Å². The van der Waals surface area contributed by atoms with Gasteiger partial charge in [-0.1, -0.05) is 40.0 Å². The second-order valence-electron chi connectivity index (χ2n) is 13.4. The summed E-state index contributed by atoms with van der Waals surface area (Å²) in [6.45, 7) is 13.4. The fraction of sp³-hybridized carbons (Fsp3) is 0.793. The SMILES string of the molecule is CCCNC(=O)/C=C\C(=O)C[C@@H](CCCN=C(N)N[N+](=O)[O-])C(=O)N[C@@H](CC(C)C)B1O[C@@H]2C[C@@H]3C[C@@H](C3(C)C)[C@]2(C)O1. The minimum atomic E-state index is -0.806. The van der Waals surface area contributed by atoms with E-state index in [2.05, 4.69) is 50.2 Å². The molecule has 1 saturated heterocycles. The van der Waals surface area contributed by atoms with Crippen molar-refractivity contribution < 1.29 is 28.7 Å². The molecule has 3 saturated carbocycles. The van der Waals surface area contributed by atoms with Gasteiger partial charge in [-0.05, 0) is 74.7 Å². The number of carbonyl (C=O) groups excluding carboxylic acids is 3. The van der Waals surface area contributed by atoms with E-state index in [0.717, 1.165) is 19.3 Å². The Morgan fingerprint density at radius 2 is 1.93 bits per heavy atom. The standard InChI is InChI=1S/C29H49BN6O7/c1-7-12-32-25(38)11-10-21(37)15-19(9-8-13-33-27(31)35-36(40)41)26(39)34-24(14-18(2)3)30-42-23-17-20-16-22(28(20,4)5)29(23,6)43-30/h10-11,18-20,22-24H,7-9,12-17H2,1-6H3,(H,32,38)(H,34,39)(H3,31,33,35)/b11-10-/t19-,20+,22+,23-,24+,29+/m1/s1. The van der Waals surface area contributed by atoms with Crippen molar-refractivity contribution in [2.45, 2.75) is 104 Å². The van der Waals surface area contributed by atoms with Gasteiger partial charge in [-0.25, -0.2) is 15.1 Å². The van der Waals surface area contributed by atoms with Crippen LogP contribution in [0.4, 0.5) is 0 Å². The average molecular weight is 605 g/mol. The molecule has 4 rings (SSSR count). The largest absolute Gasteiger partial charge is 0.481 e. The first kappa shape index (κ1) is 34.5. The van der Waals surface area contributed by atoms with Crippen molar-refractivity contribution in [1.82, 2.24) is 16.1 Å². The Balaban J connectivity index is 1.70. The van der Waals surface area contributed by atoms with Crippen LogP contribution >= 0.6 is 0 Å². The maximum absolute atomic E-state index is 13.7. The summed E-state index contributed by atoms with van der Waals surface area (Å²) in [4.78, 5) is 52.9. The van der Waals surface area contributed by atoms with E-state index in [1.807, 2.05) is 6.92 Å². The summed E-state index contributed by atoms with van der Waals surface area (Å²) in [7, 11) is -0.604. The number of carbonyl (C=O) groups is 3. The summed E-state index contributed by atoms with van der Waals surface area (Å²) in [6.07, 6.45) is 6.31. The monoisotopic (exact) mass is 604 g/mol. The Morgan fingerprint density at radius 1 is 1.21 bits per heavy atom. The maximum Gasteiger partial charge on any atom is 0.481 e. The third-order valence-electron chi connectivity index (χ3n) is 9.34. The van der Waals surface area contributed by atoms with Crippen LogP contribution < -0.4 is 21.8 Å². The van der Waals surface area contributed by atoms with Crippen LogP contribution in [0.1, 0.15) is 86.5 Å². The minimum Gasteiger partial charge on any atom is -0.404 e. The molecule has 0 unspecified atom stereocenters. The number of ketones is 1. The molecule has 43 heavy (non-hydrogen) atoms. The molecule has 14 heteroatoms. The zero-order chi connectivity index (χ0) is 31.9. The molecule has 5 N–H and O–H groups in total. The molecule has 1 heterocycles. The van der Waals surface area contributed by atoms with Gasteiger partial charge >= 0.3 is 7.12 Å². The number of amides is 2. The summed E-state index contributed by atoms with van der Waals surface area (Å²) in [5, 5.41) is 15.6. The van der Waals surface area contributed by atoms with E-state index in [9.17, 15) is 24.5 Å². The minimum absolute atomic E-state index is 0.0294. The number of nitro groups is 1. The molecule has 4 fully saturated rings. The predicted octanol–water partition coefficient (Wildman–Crippen LogP) is 2.32. The number of nitrogens with two attached hydrogens (primary N) is 1. The smallest absolute Gasteiger partial charge is 0.404 e. The first-order valence-electron chi connectivity index (χ1n) is 15.5. The molecule has 4 aliphatic rings. The molecule has 0 spiro atoms.